The van der Waals surface area contributed by atoms with Crippen LogP contribution in [0.2, 0.25) is 0 Å². The topological polar surface area (TPSA) is 68.5 Å². The average Bonchev–Trinajstić information content (AvgIpc) is 3.22. The first-order valence-corrected chi connectivity index (χ1v) is 10.3. The fraction of sp³-hybridized carbons (Fsp3) is 0.231. The second-order valence-electron chi connectivity index (χ2n) is 7.57. The normalized spacial score (nSPS) is 13.3. The Kier molecular flexibility index (Phi) is 7.21. The summed E-state index contributed by atoms with van der Waals surface area (Å²) in [4.78, 5) is 23.7. The van der Waals surface area contributed by atoms with Crippen LogP contribution in [0.15, 0.2) is 72.9 Å². The van der Waals surface area contributed by atoms with Gasteiger partial charge in [-0.2, -0.15) is 0 Å². The molecule has 5 nitrogen and oxygen atoms in total. The Bertz CT molecular complexity index is 1060. The van der Waals surface area contributed by atoms with Crippen molar-refractivity contribution in [2.45, 2.75) is 39.5 Å². The molecule has 3 aromatic rings. The van der Waals surface area contributed by atoms with Crippen LogP contribution >= 0.6 is 0 Å². The molecule has 1 heterocycles. The molecule has 0 aliphatic carbocycles. The molecular weight excluding hydrogens is 390 g/mol. The van der Waals surface area contributed by atoms with Crippen LogP contribution in [0.5, 0.6) is 0 Å². The Balaban J connectivity index is 1.63. The number of benzene rings is 2. The summed E-state index contributed by atoms with van der Waals surface area (Å²) in [5, 5.41) is 8.97. The number of aromatic nitrogens is 1. The van der Waals surface area contributed by atoms with E-state index in [1.807, 2.05) is 97.4 Å². The van der Waals surface area contributed by atoms with Crippen LogP contribution in [0, 0.1) is 6.92 Å². The summed E-state index contributed by atoms with van der Waals surface area (Å²) in [6, 6.07) is 19.1. The molecule has 0 bridgehead atoms. The molecule has 5 heteroatoms. The number of allylic oxidation sites excluding steroid dienone is 1. The molecule has 0 spiro atoms. The van der Waals surface area contributed by atoms with Crippen molar-refractivity contribution in [2.75, 3.05) is 0 Å². The van der Waals surface area contributed by atoms with Gasteiger partial charge in [-0.1, -0.05) is 66.2 Å². The van der Waals surface area contributed by atoms with E-state index in [9.17, 15) is 9.59 Å². The van der Waals surface area contributed by atoms with Gasteiger partial charge in [0.2, 0.25) is 5.78 Å². The lowest BCUT2D eigenvalue weighted by atomic mass is 10.1. The number of aliphatic carboxylic acids is 1. The van der Waals surface area contributed by atoms with Gasteiger partial charge in [0.1, 0.15) is 0 Å². The smallest absolute Gasteiger partial charge is 0.332 e. The molecule has 160 valence electrons. The predicted octanol–water partition coefficient (Wildman–Crippen LogP) is 5.29. The van der Waals surface area contributed by atoms with Crippen LogP contribution in [0.1, 0.15) is 52.7 Å². The van der Waals surface area contributed by atoms with E-state index in [-0.39, 0.29) is 11.9 Å². The lowest BCUT2D eigenvalue weighted by molar-refractivity contribution is -0.152. The maximum Gasteiger partial charge on any atom is 0.332 e. The van der Waals surface area contributed by atoms with Gasteiger partial charge < -0.3 is 14.4 Å². The van der Waals surface area contributed by atoms with Crippen molar-refractivity contribution in [3.63, 3.8) is 0 Å². The van der Waals surface area contributed by atoms with Gasteiger partial charge >= 0.3 is 5.97 Å². The van der Waals surface area contributed by atoms with E-state index in [1.165, 1.54) is 6.92 Å². The zero-order valence-electron chi connectivity index (χ0n) is 18.0. The molecule has 2 unspecified atom stereocenters. The molecule has 31 heavy (non-hydrogen) atoms. The minimum absolute atomic E-state index is 0.00679. The summed E-state index contributed by atoms with van der Waals surface area (Å²) in [7, 11) is 0. The minimum atomic E-state index is -0.975. The molecule has 0 amide bonds. The number of carbonyl (C=O) groups is 2. The van der Waals surface area contributed by atoms with Crippen LogP contribution in [0.25, 0.3) is 6.08 Å². The van der Waals surface area contributed by atoms with Gasteiger partial charge in [0.15, 0.2) is 6.10 Å². The summed E-state index contributed by atoms with van der Waals surface area (Å²) in [6.07, 6.45) is 4.74. The Morgan fingerprint density at radius 3 is 2.35 bits per heavy atom. The van der Waals surface area contributed by atoms with Crippen molar-refractivity contribution >= 4 is 17.8 Å². The summed E-state index contributed by atoms with van der Waals surface area (Å²) in [5.74, 6) is -0.969. The predicted molar refractivity (Wildman–Crippen MR) is 121 cm³/mol. The standard InChI is InChI=1S/C26H27NO4/c1-18-8-12-23(13-9-18)25(28)24-7-5-17-27(24)16-4-6-21-10-14-22(15-11-21)19(2)31-20(3)26(29)30/h4-15,17,19-20H,16H2,1-3H3,(H,29,30)/b6-4+. The minimum Gasteiger partial charge on any atom is -0.479 e. The molecule has 3 rings (SSSR count). The number of carboxylic acid groups (broad SMARTS) is 1. The number of rotatable bonds is 9. The number of hydrogen-bond donors (Lipinski definition) is 1. The molecule has 0 saturated carbocycles. The zero-order valence-corrected chi connectivity index (χ0v) is 18.0. The third-order valence-electron chi connectivity index (χ3n) is 5.15. The van der Waals surface area contributed by atoms with E-state index < -0.39 is 12.1 Å². The SMILES string of the molecule is Cc1ccc(C(=O)c2cccn2C/C=C/c2ccc(C(C)OC(C)C(=O)O)cc2)cc1. The molecule has 1 N–H and O–H groups in total. The first kappa shape index (κ1) is 22.2. The molecule has 2 aromatic carbocycles. The second-order valence-corrected chi connectivity index (χ2v) is 7.57. The molecular formula is C26H27NO4. The van der Waals surface area contributed by atoms with E-state index >= 15 is 0 Å². The first-order chi connectivity index (χ1) is 14.8. The van der Waals surface area contributed by atoms with Gasteiger partial charge in [0.25, 0.3) is 0 Å². The highest BCUT2D eigenvalue weighted by atomic mass is 16.5. The van der Waals surface area contributed by atoms with Crippen LogP contribution in [0.3, 0.4) is 0 Å². The van der Waals surface area contributed by atoms with E-state index in [1.54, 1.807) is 0 Å². The summed E-state index contributed by atoms with van der Waals surface area (Å²) < 4.78 is 7.42. The van der Waals surface area contributed by atoms with E-state index in [4.69, 9.17) is 9.84 Å². The Labute approximate surface area is 182 Å². The number of carboxylic acids is 1. The number of ketones is 1. The maximum absolute atomic E-state index is 12.8. The van der Waals surface area contributed by atoms with Crippen molar-refractivity contribution in [2.24, 2.45) is 0 Å². The lowest BCUT2D eigenvalue weighted by Crippen LogP contribution is -2.21. The molecule has 0 aliphatic rings. The summed E-state index contributed by atoms with van der Waals surface area (Å²) in [5.41, 5.74) is 4.39. The van der Waals surface area contributed by atoms with Crippen molar-refractivity contribution in [3.05, 3.63) is 101 Å². The van der Waals surface area contributed by atoms with Gasteiger partial charge in [-0.05, 0) is 44.0 Å². The van der Waals surface area contributed by atoms with Crippen LogP contribution in [-0.4, -0.2) is 27.5 Å². The van der Waals surface area contributed by atoms with Crippen molar-refractivity contribution in [3.8, 4) is 0 Å². The molecule has 0 aliphatic heterocycles. The lowest BCUT2D eigenvalue weighted by Gasteiger charge is -2.16. The van der Waals surface area contributed by atoms with Crippen molar-refractivity contribution < 1.29 is 19.4 Å². The number of aryl methyl sites for hydroxylation is 1. The summed E-state index contributed by atoms with van der Waals surface area (Å²) >= 11 is 0. The van der Waals surface area contributed by atoms with Crippen molar-refractivity contribution in [1.82, 2.24) is 4.57 Å². The second kappa shape index (κ2) is 10.0. The molecule has 0 fully saturated rings. The molecule has 0 saturated heterocycles. The van der Waals surface area contributed by atoms with Gasteiger partial charge in [-0.25, -0.2) is 4.79 Å². The number of nitrogens with zero attached hydrogens (tertiary/aromatic N) is 1. The highest BCUT2D eigenvalue weighted by Gasteiger charge is 2.16. The average molecular weight is 418 g/mol. The molecule has 0 radical (unpaired) electrons. The van der Waals surface area contributed by atoms with Gasteiger partial charge in [0.05, 0.1) is 11.8 Å². The molecule has 1 aromatic heterocycles. The highest BCUT2D eigenvalue weighted by Crippen LogP contribution is 2.20. The summed E-state index contributed by atoms with van der Waals surface area (Å²) in [6.45, 7) is 5.94. The Morgan fingerprint density at radius 1 is 1.03 bits per heavy atom. The third-order valence-corrected chi connectivity index (χ3v) is 5.15. The maximum atomic E-state index is 12.8. The Morgan fingerprint density at radius 2 is 1.71 bits per heavy atom. The number of hydrogen-bond acceptors (Lipinski definition) is 3. The largest absolute Gasteiger partial charge is 0.479 e. The third kappa shape index (κ3) is 5.80. The van der Waals surface area contributed by atoms with E-state index in [0.29, 0.717) is 17.8 Å². The fourth-order valence-electron chi connectivity index (χ4n) is 3.26. The van der Waals surface area contributed by atoms with E-state index in [2.05, 4.69) is 0 Å². The fourth-order valence-corrected chi connectivity index (χ4v) is 3.26. The van der Waals surface area contributed by atoms with Crippen molar-refractivity contribution in [1.29, 1.82) is 0 Å². The monoisotopic (exact) mass is 417 g/mol. The quantitative estimate of drug-likeness (QED) is 0.480. The van der Waals surface area contributed by atoms with Crippen LogP contribution in [0.4, 0.5) is 0 Å². The van der Waals surface area contributed by atoms with E-state index in [0.717, 1.165) is 16.7 Å². The zero-order chi connectivity index (χ0) is 22.4. The number of ether oxygens (including phenoxy) is 1. The van der Waals surface area contributed by atoms with Crippen LogP contribution < -0.4 is 0 Å². The number of carbonyl (C=O) groups excluding carboxylic acids is 1. The van der Waals surface area contributed by atoms with Gasteiger partial charge in [-0.3, -0.25) is 4.79 Å². The molecule has 2 atom stereocenters. The van der Waals surface area contributed by atoms with Crippen LogP contribution in [-0.2, 0) is 16.1 Å². The highest BCUT2D eigenvalue weighted by molar-refractivity contribution is 6.08. The van der Waals surface area contributed by atoms with Gasteiger partial charge in [-0.15, -0.1) is 0 Å². The van der Waals surface area contributed by atoms with Gasteiger partial charge in [0, 0.05) is 18.3 Å². The first-order valence-electron chi connectivity index (χ1n) is 10.3. The Hall–Kier alpha value is -3.44.